The Bertz CT molecular complexity index is 1510. The monoisotopic (exact) mass is 537 g/mol. The first kappa shape index (κ1) is 26.4. The summed E-state index contributed by atoms with van der Waals surface area (Å²) in [4.78, 5) is 8.96. The van der Waals surface area contributed by atoms with Crippen LogP contribution in [0.1, 0.15) is 56.0 Å². The Morgan fingerprint density at radius 2 is 1.85 bits per heavy atom. The number of aromatic nitrogens is 2. The predicted octanol–water partition coefficient (Wildman–Crippen LogP) is 6.56. The highest BCUT2D eigenvalue weighted by molar-refractivity contribution is 6.35. The number of terminal acetylenes is 1. The van der Waals surface area contributed by atoms with E-state index >= 15 is 0 Å². The van der Waals surface area contributed by atoms with Crippen LogP contribution in [-0.2, 0) is 0 Å². The fraction of sp³-hybridized carbons (Fsp3) is 0.226. The lowest BCUT2D eigenvalue weighted by atomic mass is 10.0. The van der Waals surface area contributed by atoms with E-state index in [9.17, 15) is 0 Å². The van der Waals surface area contributed by atoms with E-state index in [0.29, 0.717) is 16.1 Å². The molecule has 2 atom stereocenters. The average molecular weight is 538 g/mol. The Labute approximate surface area is 234 Å². The van der Waals surface area contributed by atoms with Crippen LogP contribution in [-0.4, -0.2) is 21.0 Å². The van der Waals surface area contributed by atoms with Gasteiger partial charge in [0.05, 0.1) is 39.6 Å². The molecule has 8 heteroatoms. The molecule has 2 aromatic carbocycles. The number of hydrazine groups is 2. The van der Waals surface area contributed by atoms with Crippen LogP contribution < -0.4 is 21.6 Å². The first-order valence-corrected chi connectivity index (χ1v) is 13.4. The zero-order valence-electron chi connectivity index (χ0n) is 22.2. The van der Waals surface area contributed by atoms with Gasteiger partial charge in [-0.05, 0) is 49.6 Å². The quantitative estimate of drug-likeness (QED) is 0.180. The summed E-state index contributed by atoms with van der Waals surface area (Å²) in [5.41, 5.74) is 12.7. The second-order valence-corrected chi connectivity index (χ2v) is 10.2. The van der Waals surface area contributed by atoms with Crippen LogP contribution in [0.5, 0.6) is 0 Å². The molecular weight excluding hydrogens is 506 g/mol. The molecule has 198 valence electrons. The van der Waals surface area contributed by atoms with Crippen LogP contribution in [0.15, 0.2) is 85.1 Å². The Hall–Kier alpha value is -4.25. The van der Waals surface area contributed by atoms with Gasteiger partial charge in [0.15, 0.2) is 0 Å². The molecule has 2 aromatic heterocycles. The van der Waals surface area contributed by atoms with Gasteiger partial charge in [-0.15, -0.1) is 12.0 Å². The molecule has 3 heterocycles. The second kappa shape index (κ2) is 11.6. The minimum absolute atomic E-state index is 0.0726. The van der Waals surface area contributed by atoms with Crippen molar-refractivity contribution < 1.29 is 0 Å². The fourth-order valence-electron chi connectivity index (χ4n) is 4.71. The summed E-state index contributed by atoms with van der Waals surface area (Å²) in [5, 5.41) is 10.8. The normalized spacial score (nSPS) is 14.5. The van der Waals surface area contributed by atoms with Crippen LogP contribution in [0.2, 0.25) is 5.02 Å². The van der Waals surface area contributed by atoms with Gasteiger partial charge in [0.1, 0.15) is 0 Å². The lowest BCUT2D eigenvalue weighted by molar-refractivity contribution is 0.221. The molecule has 0 bridgehead atoms. The maximum absolute atomic E-state index is 6.83. The van der Waals surface area contributed by atoms with E-state index in [1.54, 1.807) is 12.4 Å². The summed E-state index contributed by atoms with van der Waals surface area (Å²) >= 11 is 6.83. The van der Waals surface area contributed by atoms with E-state index in [-0.39, 0.29) is 18.1 Å². The van der Waals surface area contributed by atoms with Crippen molar-refractivity contribution in [3.63, 3.8) is 0 Å². The van der Waals surface area contributed by atoms with Crippen molar-refractivity contribution in [1.82, 2.24) is 25.9 Å². The van der Waals surface area contributed by atoms with Crippen LogP contribution in [0.4, 0.5) is 11.4 Å². The minimum Gasteiger partial charge on any atom is -0.377 e. The molecule has 7 nitrogen and oxygen atoms in total. The molecular formula is C31H32ClN7. The van der Waals surface area contributed by atoms with Crippen molar-refractivity contribution in [2.45, 2.75) is 45.3 Å². The Balaban J connectivity index is 1.57. The molecule has 0 amide bonds. The topological polar surface area (TPSA) is 77.1 Å². The largest absolute Gasteiger partial charge is 0.377 e. The highest BCUT2D eigenvalue weighted by atomic mass is 35.5. The van der Waals surface area contributed by atoms with Gasteiger partial charge in [-0.1, -0.05) is 60.8 Å². The Kier molecular flexibility index (Phi) is 7.87. The van der Waals surface area contributed by atoms with E-state index in [0.717, 1.165) is 34.4 Å². The number of hydrogen-bond donors (Lipinski definition) is 4. The zero-order valence-corrected chi connectivity index (χ0v) is 23.0. The first-order valence-electron chi connectivity index (χ1n) is 13.1. The van der Waals surface area contributed by atoms with E-state index in [1.807, 2.05) is 47.6 Å². The zero-order chi connectivity index (χ0) is 27.4. The van der Waals surface area contributed by atoms with Crippen molar-refractivity contribution in [1.29, 1.82) is 0 Å². The maximum Gasteiger partial charge on any atom is 0.0959 e. The number of halogens is 1. The summed E-state index contributed by atoms with van der Waals surface area (Å²) in [6.07, 6.45) is 14.2. The molecule has 0 saturated carbocycles. The van der Waals surface area contributed by atoms with Gasteiger partial charge in [-0.3, -0.25) is 15.0 Å². The van der Waals surface area contributed by atoms with E-state index in [4.69, 9.17) is 18.0 Å². The number of pyridine rings is 2. The van der Waals surface area contributed by atoms with Gasteiger partial charge in [0.25, 0.3) is 0 Å². The lowest BCUT2D eigenvalue weighted by Crippen LogP contribution is -2.41. The van der Waals surface area contributed by atoms with Gasteiger partial charge in [0.2, 0.25) is 0 Å². The van der Waals surface area contributed by atoms with Crippen LogP contribution in [0, 0.1) is 12.3 Å². The molecule has 4 N–H and O–H groups in total. The number of hydrogen-bond acceptors (Lipinski definition) is 7. The molecule has 39 heavy (non-hydrogen) atoms. The second-order valence-electron chi connectivity index (χ2n) is 9.75. The summed E-state index contributed by atoms with van der Waals surface area (Å²) in [6, 6.07) is 18.4. The van der Waals surface area contributed by atoms with Crippen molar-refractivity contribution >= 4 is 33.9 Å². The molecule has 1 aliphatic heterocycles. The van der Waals surface area contributed by atoms with Crippen LogP contribution in [0.3, 0.4) is 0 Å². The number of fused-ring (bicyclic) bond motifs is 1. The van der Waals surface area contributed by atoms with Gasteiger partial charge in [0, 0.05) is 41.9 Å². The molecule has 1 aliphatic rings. The molecule has 0 saturated heterocycles. The highest BCUT2D eigenvalue weighted by Gasteiger charge is 2.24. The number of anilines is 2. The number of rotatable bonds is 9. The van der Waals surface area contributed by atoms with E-state index in [1.165, 1.54) is 5.56 Å². The fourth-order valence-corrected chi connectivity index (χ4v) is 4.98. The van der Waals surface area contributed by atoms with Crippen molar-refractivity contribution in [3.8, 4) is 12.3 Å². The smallest absolute Gasteiger partial charge is 0.0959 e. The third kappa shape index (κ3) is 5.63. The molecule has 0 radical (unpaired) electrons. The summed E-state index contributed by atoms with van der Waals surface area (Å²) in [6.45, 7) is 6.39. The highest BCUT2D eigenvalue weighted by Crippen LogP contribution is 2.37. The molecule has 0 spiro atoms. The third-order valence-electron chi connectivity index (χ3n) is 6.81. The predicted molar refractivity (Wildman–Crippen MR) is 160 cm³/mol. The van der Waals surface area contributed by atoms with E-state index in [2.05, 4.69) is 82.7 Å². The van der Waals surface area contributed by atoms with E-state index < -0.39 is 0 Å². The number of nitrogens with one attached hydrogen (secondary N) is 4. The molecule has 0 unspecified atom stereocenters. The molecule has 5 rings (SSSR count). The van der Waals surface area contributed by atoms with Crippen molar-refractivity contribution in [2.24, 2.45) is 0 Å². The average Bonchev–Trinajstić information content (AvgIpc) is 3.46. The lowest BCUT2D eigenvalue weighted by Gasteiger charge is -2.23. The molecule has 0 aliphatic carbocycles. The molecule has 0 fully saturated rings. The Morgan fingerprint density at radius 1 is 1.05 bits per heavy atom. The van der Waals surface area contributed by atoms with Crippen molar-refractivity contribution in [2.75, 3.05) is 10.6 Å². The Morgan fingerprint density at radius 3 is 2.51 bits per heavy atom. The van der Waals surface area contributed by atoms with Crippen LogP contribution in [0.25, 0.3) is 10.9 Å². The maximum atomic E-state index is 6.83. The minimum atomic E-state index is -0.212. The van der Waals surface area contributed by atoms with Gasteiger partial charge in [-0.2, -0.15) is 0 Å². The summed E-state index contributed by atoms with van der Waals surface area (Å²) in [7, 11) is 0. The van der Waals surface area contributed by atoms with Crippen LogP contribution >= 0.6 is 11.6 Å². The molecule has 4 aromatic rings. The van der Waals surface area contributed by atoms with Gasteiger partial charge >= 0.3 is 0 Å². The summed E-state index contributed by atoms with van der Waals surface area (Å²) in [5.74, 6) is 2.80. The standard InChI is InChI=1S/C31H32ClN7/c1-5-21-18-34-31-25(29(21)36-27(6-2)22-11-8-7-9-12-22)15-24(16-26(31)32)35-30(23-13-10-14-33-17-23)28-19-39(20(3)4)38-37-28/h1,7-20,27,30,35,37-38H,6H2,2-4H3,(H,34,36)/t27-,30+/m1/s1. The number of nitrogens with zero attached hydrogens (tertiary/aromatic N) is 3. The van der Waals surface area contributed by atoms with Gasteiger partial charge < -0.3 is 16.1 Å². The first-order chi connectivity index (χ1) is 19.0. The summed E-state index contributed by atoms with van der Waals surface area (Å²) < 4.78 is 0. The SMILES string of the molecule is C#Cc1cnc2c(Cl)cc(N[C@H](C3=CN(C(C)C)NN3)c3cccnc3)cc2c1N[C@H](CC)c1ccccc1. The third-order valence-corrected chi connectivity index (χ3v) is 7.10. The van der Waals surface area contributed by atoms with Gasteiger partial charge in [-0.25, -0.2) is 0 Å². The number of benzene rings is 2. The van der Waals surface area contributed by atoms with Crippen molar-refractivity contribution in [3.05, 3.63) is 107 Å².